The van der Waals surface area contributed by atoms with E-state index in [-0.39, 0.29) is 47.5 Å². The molecule has 2 amide bonds. The van der Waals surface area contributed by atoms with Crippen molar-refractivity contribution in [2.24, 2.45) is 17.8 Å². The van der Waals surface area contributed by atoms with Gasteiger partial charge in [-0.15, -0.1) is 0 Å². The van der Waals surface area contributed by atoms with Gasteiger partial charge in [0.15, 0.2) is 0 Å². The number of ether oxygens (including phenoxy) is 2. The van der Waals surface area contributed by atoms with Crippen LogP contribution in [0.4, 0.5) is 0 Å². The van der Waals surface area contributed by atoms with E-state index in [0.717, 1.165) is 55.2 Å². The summed E-state index contributed by atoms with van der Waals surface area (Å²) in [6.45, 7) is 0.947. The number of benzene rings is 2. The van der Waals surface area contributed by atoms with Gasteiger partial charge in [-0.1, -0.05) is 67.8 Å². The van der Waals surface area contributed by atoms with Crippen molar-refractivity contribution in [3.8, 4) is 5.75 Å². The molecular formula is C34H39NO5. The second kappa shape index (κ2) is 11.7. The van der Waals surface area contributed by atoms with Crippen molar-refractivity contribution in [3.63, 3.8) is 0 Å². The fraction of sp³-hybridized carbons (Fsp3) is 0.471. The van der Waals surface area contributed by atoms with E-state index < -0.39 is 0 Å². The molecule has 0 aromatic heterocycles. The van der Waals surface area contributed by atoms with Crippen molar-refractivity contribution < 1.29 is 24.2 Å². The lowest BCUT2D eigenvalue weighted by molar-refractivity contribution is -0.143. The number of hydrogen-bond donors (Lipinski definition) is 1. The SMILES string of the molecule is COCC1=C2[C@@H](CC/C(=C/c3ccc(O)cc3)c3ccccc3)OC[C@@H]2[C@@H]2C(=O)N(C3CCCCC3)C(=O)[C@@H]2C1. The second-order valence-corrected chi connectivity index (χ2v) is 11.8. The summed E-state index contributed by atoms with van der Waals surface area (Å²) in [7, 11) is 1.70. The zero-order valence-electron chi connectivity index (χ0n) is 23.3. The number of aromatic hydroxyl groups is 1. The van der Waals surface area contributed by atoms with E-state index in [1.807, 2.05) is 30.3 Å². The molecule has 6 heteroatoms. The van der Waals surface area contributed by atoms with Gasteiger partial charge >= 0.3 is 0 Å². The van der Waals surface area contributed by atoms with Crippen LogP contribution in [0.25, 0.3) is 11.6 Å². The van der Waals surface area contributed by atoms with Gasteiger partial charge in [0, 0.05) is 19.1 Å². The fourth-order valence-electron chi connectivity index (χ4n) is 7.51. The molecule has 2 aromatic rings. The number of imide groups is 1. The van der Waals surface area contributed by atoms with Crippen LogP contribution in [0, 0.1) is 17.8 Å². The topological polar surface area (TPSA) is 76.1 Å². The Morgan fingerprint density at radius 1 is 1.00 bits per heavy atom. The van der Waals surface area contributed by atoms with Gasteiger partial charge in [-0.3, -0.25) is 14.5 Å². The molecule has 4 aliphatic rings. The van der Waals surface area contributed by atoms with Crippen molar-refractivity contribution >= 4 is 23.5 Å². The van der Waals surface area contributed by atoms with Crippen LogP contribution in [0.15, 0.2) is 65.7 Å². The van der Waals surface area contributed by atoms with Crippen LogP contribution in [-0.2, 0) is 19.1 Å². The van der Waals surface area contributed by atoms with Gasteiger partial charge in [0.05, 0.1) is 31.2 Å². The van der Waals surface area contributed by atoms with Gasteiger partial charge < -0.3 is 14.6 Å². The molecular weight excluding hydrogens is 502 g/mol. The Morgan fingerprint density at radius 2 is 1.75 bits per heavy atom. The monoisotopic (exact) mass is 541 g/mol. The maximum absolute atomic E-state index is 13.8. The number of carbonyl (C=O) groups is 2. The van der Waals surface area contributed by atoms with E-state index in [4.69, 9.17) is 9.47 Å². The number of rotatable bonds is 8. The Morgan fingerprint density at radius 3 is 2.48 bits per heavy atom. The van der Waals surface area contributed by atoms with E-state index in [0.29, 0.717) is 19.6 Å². The van der Waals surface area contributed by atoms with Crippen LogP contribution in [0.2, 0.25) is 0 Å². The molecule has 2 saturated heterocycles. The molecule has 3 fully saturated rings. The highest BCUT2D eigenvalue weighted by Crippen LogP contribution is 2.51. The van der Waals surface area contributed by atoms with E-state index >= 15 is 0 Å². The summed E-state index contributed by atoms with van der Waals surface area (Å²) in [5.74, 6) is -0.344. The van der Waals surface area contributed by atoms with Gasteiger partial charge in [-0.2, -0.15) is 0 Å². The van der Waals surface area contributed by atoms with Crippen LogP contribution in [0.1, 0.15) is 62.5 Å². The first-order valence-electron chi connectivity index (χ1n) is 14.8. The molecule has 0 unspecified atom stereocenters. The van der Waals surface area contributed by atoms with Crippen molar-refractivity contribution in [3.05, 3.63) is 76.9 Å². The quantitative estimate of drug-likeness (QED) is 0.252. The first kappa shape index (κ1) is 27.0. The Labute approximate surface area is 236 Å². The fourth-order valence-corrected chi connectivity index (χ4v) is 7.51. The standard InChI is InChI=1S/C34H39NO5/c1-39-20-25-19-28-32(34(38)35(33(28)37)26-10-6-3-7-11-26)29-21-40-30(31(25)29)17-14-24(23-8-4-2-5-9-23)18-22-12-15-27(36)16-13-22/h2,4-5,8-9,12-13,15-16,18,26,28-30,32,36H,3,6-7,10-11,14,17,19-21H2,1H3/b24-18-/t28-,29+,30-,32-/m1/s1. The lowest BCUT2D eigenvalue weighted by Crippen LogP contribution is -2.42. The van der Waals surface area contributed by atoms with Crippen LogP contribution in [0.3, 0.4) is 0 Å². The highest BCUT2D eigenvalue weighted by Gasteiger charge is 2.58. The molecule has 2 aromatic carbocycles. The molecule has 0 bridgehead atoms. The van der Waals surface area contributed by atoms with Crippen LogP contribution < -0.4 is 0 Å². The maximum atomic E-state index is 13.8. The third-order valence-corrected chi connectivity index (χ3v) is 9.35. The normalized spacial score (nSPS) is 27.3. The van der Waals surface area contributed by atoms with E-state index in [9.17, 15) is 14.7 Å². The number of hydrogen-bond acceptors (Lipinski definition) is 5. The molecule has 1 saturated carbocycles. The number of allylic oxidation sites excluding steroid dienone is 1. The Hall–Kier alpha value is -3.22. The summed E-state index contributed by atoms with van der Waals surface area (Å²) >= 11 is 0. The van der Waals surface area contributed by atoms with Gasteiger partial charge in [0.2, 0.25) is 11.8 Å². The molecule has 2 heterocycles. The van der Waals surface area contributed by atoms with Crippen LogP contribution >= 0.6 is 0 Å². The number of likely N-dealkylation sites (tertiary alicyclic amines) is 1. The summed E-state index contributed by atoms with van der Waals surface area (Å²) in [6, 6.07) is 17.7. The smallest absolute Gasteiger partial charge is 0.234 e. The summed E-state index contributed by atoms with van der Waals surface area (Å²) in [4.78, 5) is 29.1. The largest absolute Gasteiger partial charge is 0.508 e. The third-order valence-electron chi connectivity index (χ3n) is 9.35. The van der Waals surface area contributed by atoms with Crippen LogP contribution in [-0.4, -0.2) is 54.3 Å². The minimum absolute atomic E-state index is 0.0289. The molecule has 6 rings (SSSR count). The predicted molar refractivity (Wildman–Crippen MR) is 154 cm³/mol. The minimum atomic E-state index is -0.309. The number of fused-ring (bicyclic) bond motifs is 3. The number of carbonyl (C=O) groups excluding carboxylic acids is 2. The predicted octanol–water partition coefficient (Wildman–Crippen LogP) is 6.01. The number of nitrogens with zero attached hydrogens (tertiary/aromatic N) is 1. The molecule has 2 aliphatic carbocycles. The molecule has 0 spiro atoms. The number of phenolic OH excluding ortho intramolecular Hbond substituents is 1. The summed E-state index contributed by atoms with van der Waals surface area (Å²) in [5, 5.41) is 9.72. The van der Waals surface area contributed by atoms with Gasteiger partial charge in [0.1, 0.15) is 5.75 Å². The Balaban J connectivity index is 1.25. The molecule has 40 heavy (non-hydrogen) atoms. The molecule has 6 nitrogen and oxygen atoms in total. The number of amides is 2. The summed E-state index contributed by atoms with van der Waals surface area (Å²) in [5.41, 5.74) is 5.72. The first-order valence-corrected chi connectivity index (χ1v) is 14.8. The molecule has 210 valence electrons. The van der Waals surface area contributed by atoms with Gasteiger partial charge in [0.25, 0.3) is 0 Å². The second-order valence-electron chi connectivity index (χ2n) is 11.8. The molecule has 2 aliphatic heterocycles. The third kappa shape index (κ3) is 5.15. The van der Waals surface area contributed by atoms with Crippen molar-refractivity contribution in [2.75, 3.05) is 20.3 Å². The van der Waals surface area contributed by atoms with E-state index in [1.165, 1.54) is 17.6 Å². The van der Waals surface area contributed by atoms with Crippen LogP contribution in [0.5, 0.6) is 5.75 Å². The molecule has 0 radical (unpaired) electrons. The Bertz CT molecular complexity index is 1290. The summed E-state index contributed by atoms with van der Waals surface area (Å²) in [6.07, 6.45) is 9.46. The van der Waals surface area contributed by atoms with Crippen molar-refractivity contribution in [1.29, 1.82) is 0 Å². The lowest BCUT2D eigenvalue weighted by atomic mass is 9.69. The van der Waals surface area contributed by atoms with E-state index in [2.05, 4.69) is 18.2 Å². The number of phenols is 1. The van der Waals surface area contributed by atoms with Gasteiger partial charge in [-0.05, 0) is 72.1 Å². The minimum Gasteiger partial charge on any atom is -0.508 e. The van der Waals surface area contributed by atoms with E-state index in [1.54, 1.807) is 24.1 Å². The van der Waals surface area contributed by atoms with Gasteiger partial charge in [-0.25, -0.2) is 0 Å². The zero-order valence-corrected chi connectivity index (χ0v) is 23.3. The Kier molecular flexibility index (Phi) is 7.90. The van der Waals surface area contributed by atoms with Crippen molar-refractivity contribution in [1.82, 2.24) is 4.90 Å². The highest BCUT2D eigenvalue weighted by molar-refractivity contribution is 6.06. The highest BCUT2D eigenvalue weighted by atomic mass is 16.5. The first-order chi connectivity index (χ1) is 19.5. The summed E-state index contributed by atoms with van der Waals surface area (Å²) < 4.78 is 12.1. The zero-order chi connectivity index (χ0) is 27.6. The lowest BCUT2D eigenvalue weighted by Gasteiger charge is -2.31. The molecule has 1 N–H and O–H groups in total. The molecule has 4 atom stereocenters. The maximum Gasteiger partial charge on any atom is 0.234 e. The average Bonchev–Trinajstić information content (AvgIpc) is 3.51. The van der Waals surface area contributed by atoms with Crippen molar-refractivity contribution in [2.45, 2.75) is 63.5 Å². The average molecular weight is 542 g/mol. The number of methoxy groups -OCH3 is 1.